The molecule has 4 heteroatoms. The van der Waals surface area contributed by atoms with Crippen LogP contribution in [-0.2, 0) is 11.2 Å². The van der Waals surface area contributed by atoms with Gasteiger partial charge in [-0.2, -0.15) is 0 Å². The van der Waals surface area contributed by atoms with Crippen LogP contribution in [0.5, 0.6) is 5.75 Å². The number of likely N-dealkylation sites (tertiary alicyclic amines) is 1. The number of piperidine rings is 1. The highest BCUT2D eigenvalue weighted by Crippen LogP contribution is 2.38. The van der Waals surface area contributed by atoms with Gasteiger partial charge in [-0.15, -0.1) is 0 Å². The van der Waals surface area contributed by atoms with E-state index in [-0.39, 0.29) is 17.8 Å². The Balaban J connectivity index is 1.49. The van der Waals surface area contributed by atoms with Crippen molar-refractivity contribution in [1.82, 2.24) is 4.90 Å². The van der Waals surface area contributed by atoms with E-state index in [4.69, 9.17) is 4.74 Å². The Morgan fingerprint density at radius 2 is 1.91 bits per heavy atom. The van der Waals surface area contributed by atoms with Gasteiger partial charge in [-0.25, -0.2) is 0 Å². The summed E-state index contributed by atoms with van der Waals surface area (Å²) in [7, 11) is 0. The number of ether oxygens (including phenoxy) is 1. The van der Waals surface area contributed by atoms with Gasteiger partial charge in [0.2, 0.25) is 0 Å². The Hall–Kier alpha value is -1.10. The molecule has 0 saturated carbocycles. The van der Waals surface area contributed by atoms with Crippen LogP contribution >= 0.6 is 0 Å². The van der Waals surface area contributed by atoms with Gasteiger partial charge in [0.1, 0.15) is 5.75 Å². The lowest BCUT2D eigenvalue weighted by atomic mass is 9.81. The van der Waals surface area contributed by atoms with Gasteiger partial charge in [0.25, 0.3) is 0 Å². The summed E-state index contributed by atoms with van der Waals surface area (Å²) < 4.78 is 6.34. The molecule has 0 aromatic heterocycles. The third kappa shape index (κ3) is 4.25. The molecule has 0 bridgehead atoms. The van der Waals surface area contributed by atoms with Crippen molar-refractivity contribution in [2.24, 2.45) is 0 Å². The molecule has 4 nitrogen and oxygen atoms in total. The highest BCUT2D eigenvalue weighted by molar-refractivity contribution is 5.26. The summed E-state index contributed by atoms with van der Waals surface area (Å²) in [4.78, 5) is 2.49. The molecule has 2 saturated heterocycles. The van der Waals surface area contributed by atoms with E-state index in [1.165, 1.54) is 5.56 Å². The number of nitrogens with zero attached hydrogens (tertiary/aromatic N) is 1. The quantitative estimate of drug-likeness (QED) is 0.896. The smallest absolute Gasteiger partial charge is 0.115 e. The van der Waals surface area contributed by atoms with Crippen molar-refractivity contribution in [2.75, 3.05) is 19.6 Å². The zero-order chi connectivity index (χ0) is 16.3. The first-order valence-corrected chi connectivity index (χ1v) is 8.95. The molecule has 23 heavy (non-hydrogen) atoms. The van der Waals surface area contributed by atoms with E-state index in [1.54, 1.807) is 12.1 Å². The molecule has 2 aliphatic heterocycles. The van der Waals surface area contributed by atoms with Gasteiger partial charge in [0, 0.05) is 26.1 Å². The predicted molar refractivity (Wildman–Crippen MR) is 90.6 cm³/mol. The number of aliphatic hydroxyl groups is 1. The van der Waals surface area contributed by atoms with Crippen LogP contribution in [0.3, 0.4) is 0 Å². The van der Waals surface area contributed by atoms with Crippen molar-refractivity contribution in [3.8, 4) is 5.75 Å². The molecule has 2 atom stereocenters. The van der Waals surface area contributed by atoms with Crippen LogP contribution in [0, 0.1) is 0 Å². The molecular weight excluding hydrogens is 290 g/mol. The molecule has 3 rings (SSSR count). The maximum absolute atomic E-state index is 10.2. The van der Waals surface area contributed by atoms with E-state index in [0.717, 1.165) is 58.2 Å². The highest BCUT2D eigenvalue weighted by Gasteiger charge is 2.42. The fourth-order valence-corrected chi connectivity index (χ4v) is 3.97. The second-order valence-electron chi connectivity index (χ2n) is 7.18. The van der Waals surface area contributed by atoms with Crippen molar-refractivity contribution in [3.05, 3.63) is 29.8 Å². The van der Waals surface area contributed by atoms with Gasteiger partial charge < -0.3 is 19.8 Å². The second-order valence-corrected chi connectivity index (χ2v) is 7.18. The van der Waals surface area contributed by atoms with Crippen LogP contribution in [0.2, 0.25) is 0 Å². The monoisotopic (exact) mass is 319 g/mol. The molecule has 1 aromatic carbocycles. The predicted octanol–water partition coefficient (Wildman–Crippen LogP) is 2.72. The molecule has 2 aliphatic rings. The summed E-state index contributed by atoms with van der Waals surface area (Å²) in [6, 6.07) is 7.49. The Morgan fingerprint density at radius 1 is 1.22 bits per heavy atom. The van der Waals surface area contributed by atoms with Crippen LogP contribution in [-0.4, -0.2) is 52.6 Å². The Kier molecular flexibility index (Phi) is 5.24. The maximum atomic E-state index is 10.2. The molecule has 0 aliphatic carbocycles. The largest absolute Gasteiger partial charge is 0.508 e. The molecule has 128 valence electrons. The number of aromatic hydroxyl groups is 1. The van der Waals surface area contributed by atoms with E-state index in [0.29, 0.717) is 5.75 Å². The van der Waals surface area contributed by atoms with E-state index >= 15 is 0 Å². The van der Waals surface area contributed by atoms with E-state index in [9.17, 15) is 10.2 Å². The summed E-state index contributed by atoms with van der Waals surface area (Å²) in [6.45, 7) is 5.27. The highest BCUT2D eigenvalue weighted by atomic mass is 16.5. The standard InChI is InChI=1S/C19H29NO3/c1-2-18-13-17(22)14-19(23-18)8-11-20(12-9-19)10-7-15-3-5-16(21)6-4-15/h3-6,17-18,21-22H,2,7-14H2,1H3/t17-,18+/m1/s1. The second kappa shape index (κ2) is 7.20. The lowest BCUT2D eigenvalue weighted by Crippen LogP contribution is -2.52. The third-order valence-electron chi connectivity index (χ3n) is 5.43. The molecule has 2 N–H and O–H groups in total. The normalized spacial score (nSPS) is 28.1. The SMILES string of the molecule is CC[C@H]1C[C@@H](O)CC2(CCN(CCc3ccc(O)cc3)CC2)O1. The van der Waals surface area contributed by atoms with Crippen LogP contribution in [0.15, 0.2) is 24.3 Å². The molecule has 1 aromatic rings. The van der Waals surface area contributed by atoms with Crippen molar-refractivity contribution >= 4 is 0 Å². The van der Waals surface area contributed by atoms with Crippen molar-refractivity contribution in [3.63, 3.8) is 0 Å². The first kappa shape index (κ1) is 16.7. The maximum Gasteiger partial charge on any atom is 0.115 e. The van der Waals surface area contributed by atoms with Gasteiger partial charge >= 0.3 is 0 Å². The molecule has 0 radical (unpaired) electrons. The zero-order valence-electron chi connectivity index (χ0n) is 14.1. The number of rotatable bonds is 4. The van der Waals surface area contributed by atoms with Gasteiger partial charge in [-0.05, 0) is 49.8 Å². The van der Waals surface area contributed by atoms with E-state index in [2.05, 4.69) is 11.8 Å². The summed E-state index contributed by atoms with van der Waals surface area (Å²) in [5.41, 5.74) is 1.17. The van der Waals surface area contributed by atoms with Crippen LogP contribution < -0.4 is 0 Å². The zero-order valence-corrected chi connectivity index (χ0v) is 14.1. The number of hydrogen-bond acceptors (Lipinski definition) is 4. The van der Waals surface area contributed by atoms with Gasteiger partial charge in [-0.3, -0.25) is 0 Å². The number of phenols is 1. The molecular formula is C19H29NO3. The average Bonchev–Trinajstić information content (AvgIpc) is 2.55. The minimum atomic E-state index is -0.197. The van der Waals surface area contributed by atoms with Crippen LogP contribution in [0.4, 0.5) is 0 Å². The summed E-state index contributed by atoms with van der Waals surface area (Å²) >= 11 is 0. The Bertz CT molecular complexity index is 494. The van der Waals surface area contributed by atoms with Gasteiger partial charge in [-0.1, -0.05) is 19.1 Å². The van der Waals surface area contributed by atoms with E-state index < -0.39 is 0 Å². The minimum Gasteiger partial charge on any atom is -0.508 e. The molecule has 1 spiro atoms. The number of phenolic OH excluding ortho intramolecular Hbond substituents is 1. The summed E-state index contributed by atoms with van der Waals surface area (Å²) in [5.74, 6) is 0.326. The number of aliphatic hydroxyl groups excluding tert-OH is 1. The Morgan fingerprint density at radius 3 is 2.57 bits per heavy atom. The minimum absolute atomic E-state index is 0.0899. The molecule has 2 heterocycles. The third-order valence-corrected chi connectivity index (χ3v) is 5.43. The fraction of sp³-hybridized carbons (Fsp3) is 0.684. The Labute approximate surface area is 139 Å². The van der Waals surface area contributed by atoms with Gasteiger partial charge in [0.15, 0.2) is 0 Å². The molecule has 0 unspecified atom stereocenters. The number of benzene rings is 1. The first-order chi connectivity index (χ1) is 11.1. The van der Waals surface area contributed by atoms with Crippen LogP contribution in [0.25, 0.3) is 0 Å². The van der Waals surface area contributed by atoms with E-state index in [1.807, 2.05) is 12.1 Å². The summed E-state index contributed by atoms with van der Waals surface area (Å²) in [6.07, 6.45) is 5.67. The number of hydrogen-bond donors (Lipinski definition) is 2. The van der Waals surface area contributed by atoms with Crippen molar-refractivity contribution < 1.29 is 14.9 Å². The molecule has 0 amide bonds. The summed E-state index contributed by atoms with van der Waals surface area (Å²) in [5, 5.41) is 19.5. The van der Waals surface area contributed by atoms with Crippen molar-refractivity contribution in [2.45, 2.75) is 63.3 Å². The lowest BCUT2D eigenvalue weighted by Gasteiger charge is -2.48. The lowest BCUT2D eigenvalue weighted by molar-refractivity contribution is -0.181. The fourth-order valence-electron chi connectivity index (χ4n) is 3.97. The van der Waals surface area contributed by atoms with Gasteiger partial charge in [0.05, 0.1) is 17.8 Å². The average molecular weight is 319 g/mol. The topological polar surface area (TPSA) is 52.9 Å². The first-order valence-electron chi connectivity index (χ1n) is 8.95. The van der Waals surface area contributed by atoms with Crippen molar-refractivity contribution in [1.29, 1.82) is 0 Å². The van der Waals surface area contributed by atoms with Crippen LogP contribution in [0.1, 0.15) is 44.6 Å². The molecule has 2 fully saturated rings.